The van der Waals surface area contributed by atoms with E-state index in [0.29, 0.717) is 21.8 Å². The first-order valence-electron chi connectivity index (χ1n) is 8.12. The zero-order valence-corrected chi connectivity index (χ0v) is 15.2. The van der Waals surface area contributed by atoms with E-state index in [1.54, 1.807) is 43.3 Å². The van der Waals surface area contributed by atoms with Crippen LogP contribution in [0.2, 0.25) is 0 Å². The molecule has 0 aliphatic rings. The first-order valence-corrected chi connectivity index (χ1v) is 9.00. The van der Waals surface area contributed by atoms with Gasteiger partial charge in [0, 0.05) is 11.4 Å². The van der Waals surface area contributed by atoms with Gasteiger partial charge in [-0.25, -0.2) is 0 Å². The molecule has 27 heavy (non-hydrogen) atoms. The van der Waals surface area contributed by atoms with Crippen molar-refractivity contribution in [3.8, 4) is 0 Å². The first kappa shape index (κ1) is 18.4. The van der Waals surface area contributed by atoms with Crippen molar-refractivity contribution in [1.82, 2.24) is 5.32 Å². The third-order valence-electron chi connectivity index (χ3n) is 3.66. The summed E-state index contributed by atoms with van der Waals surface area (Å²) in [4.78, 5) is 37.0. The number of furan rings is 1. The molecule has 0 spiro atoms. The molecule has 3 N–H and O–H groups in total. The van der Waals surface area contributed by atoms with Crippen LogP contribution >= 0.6 is 11.3 Å². The molecule has 7 nitrogen and oxygen atoms in total. The quantitative estimate of drug-likeness (QED) is 0.608. The lowest BCUT2D eigenvalue weighted by Gasteiger charge is -2.14. The summed E-state index contributed by atoms with van der Waals surface area (Å²) in [5.74, 6) is -0.994. The summed E-state index contributed by atoms with van der Waals surface area (Å²) < 4.78 is 4.85. The molecule has 0 aliphatic heterocycles. The average Bonchev–Trinajstić information content (AvgIpc) is 3.35. The molecule has 3 amide bonds. The minimum atomic E-state index is -0.753. The molecule has 0 radical (unpaired) electrons. The van der Waals surface area contributed by atoms with Gasteiger partial charge in [0.1, 0.15) is 12.3 Å². The van der Waals surface area contributed by atoms with Crippen LogP contribution in [0, 0.1) is 0 Å². The molecule has 0 saturated heterocycles. The second-order valence-corrected chi connectivity index (χ2v) is 6.66. The highest BCUT2D eigenvalue weighted by molar-refractivity contribution is 7.12. The van der Waals surface area contributed by atoms with Gasteiger partial charge in [-0.05, 0) is 42.6 Å². The molecular weight excluding hydrogens is 366 g/mol. The number of hydrogen-bond donors (Lipinski definition) is 3. The van der Waals surface area contributed by atoms with E-state index in [4.69, 9.17) is 4.42 Å². The Hall–Kier alpha value is -3.39. The summed E-state index contributed by atoms with van der Waals surface area (Å²) in [6, 6.07) is 11.1. The van der Waals surface area contributed by atoms with Crippen LogP contribution in [-0.2, 0) is 4.79 Å². The van der Waals surface area contributed by atoms with Crippen molar-refractivity contribution in [3.05, 3.63) is 70.8 Å². The van der Waals surface area contributed by atoms with E-state index in [2.05, 4.69) is 16.0 Å². The average molecular weight is 383 g/mol. The topological polar surface area (TPSA) is 100 Å². The van der Waals surface area contributed by atoms with Gasteiger partial charge in [-0.2, -0.15) is 0 Å². The first-order chi connectivity index (χ1) is 13.0. The molecule has 2 aromatic heterocycles. The Balaban J connectivity index is 1.59. The molecule has 0 saturated carbocycles. The van der Waals surface area contributed by atoms with E-state index >= 15 is 0 Å². The lowest BCUT2D eigenvalue weighted by Crippen LogP contribution is -2.41. The summed E-state index contributed by atoms with van der Waals surface area (Å²) >= 11 is 1.34. The summed E-state index contributed by atoms with van der Waals surface area (Å²) in [5.41, 5.74) is 1.41. The number of carbonyl (C=O) groups excluding carboxylic acids is 3. The Morgan fingerprint density at radius 1 is 1.00 bits per heavy atom. The van der Waals surface area contributed by atoms with Gasteiger partial charge in [-0.3, -0.25) is 14.4 Å². The minimum absolute atomic E-state index is 0.214. The number of benzene rings is 1. The number of thiophene rings is 1. The highest BCUT2D eigenvalue weighted by Gasteiger charge is 2.17. The Kier molecular flexibility index (Phi) is 5.68. The molecule has 0 bridgehead atoms. The summed E-state index contributed by atoms with van der Waals surface area (Å²) in [5, 5.41) is 9.91. The molecule has 2 heterocycles. The SMILES string of the molecule is C[C@@H](NC(=O)c1ccoc1)C(=O)Nc1cccc(NC(=O)c2cccs2)c1. The monoisotopic (exact) mass is 383 g/mol. The van der Waals surface area contributed by atoms with Crippen LogP contribution in [0.15, 0.2) is 64.8 Å². The summed E-state index contributed by atoms with van der Waals surface area (Å²) in [6.45, 7) is 1.58. The van der Waals surface area contributed by atoms with Crippen LogP contribution in [0.1, 0.15) is 27.0 Å². The van der Waals surface area contributed by atoms with Gasteiger partial charge in [0.05, 0.1) is 16.7 Å². The van der Waals surface area contributed by atoms with E-state index in [1.807, 2.05) is 5.38 Å². The van der Waals surface area contributed by atoms with Crippen molar-refractivity contribution in [3.63, 3.8) is 0 Å². The van der Waals surface area contributed by atoms with E-state index in [0.717, 1.165) is 0 Å². The van der Waals surface area contributed by atoms with Crippen molar-refractivity contribution in [2.24, 2.45) is 0 Å². The molecule has 8 heteroatoms. The maximum Gasteiger partial charge on any atom is 0.265 e. The molecule has 1 aromatic carbocycles. The van der Waals surface area contributed by atoms with E-state index < -0.39 is 11.9 Å². The van der Waals surface area contributed by atoms with Crippen LogP contribution in [0.5, 0.6) is 0 Å². The molecule has 138 valence electrons. The number of carbonyl (C=O) groups is 3. The van der Waals surface area contributed by atoms with E-state index in [1.165, 1.54) is 29.9 Å². The van der Waals surface area contributed by atoms with Gasteiger partial charge in [0.2, 0.25) is 5.91 Å². The van der Waals surface area contributed by atoms with Gasteiger partial charge in [0.15, 0.2) is 0 Å². The zero-order chi connectivity index (χ0) is 19.2. The van der Waals surface area contributed by atoms with Crippen molar-refractivity contribution in [1.29, 1.82) is 0 Å². The molecule has 0 fully saturated rings. The molecular formula is C19H17N3O4S. The third kappa shape index (κ3) is 4.83. The van der Waals surface area contributed by atoms with Crippen LogP contribution < -0.4 is 16.0 Å². The molecule has 0 unspecified atom stereocenters. The Labute approximate surface area is 159 Å². The van der Waals surface area contributed by atoms with Crippen LogP contribution in [0.25, 0.3) is 0 Å². The predicted octanol–water partition coefficient (Wildman–Crippen LogP) is 3.35. The largest absolute Gasteiger partial charge is 0.472 e. The number of hydrogen-bond acceptors (Lipinski definition) is 5. The molecule has 1 atom stereocenters. The van der Waals surface area contributed by atoms with Crippen LogP contribution in [0.4, 0.5) is 11.4 Å². The van der Waals surface area contributed by atoms with Crippen molar-refractivity contribution >= 4 is 40.4 Å². The maximum atomic E-state index is 12.3. The standard InChI is InChI=1S/C19H17N3O4S/c1-12(20-18(24)13-7-8-26-11-13)17(23)21-14-4-2-5-15(10-14)22-19(25)16-6-3-9-27-16/h2-12H,1H3,(H,20,24)(H,21,23)(H,22,25)/t12-/m1/s1. The van der Waals surface area contributed by atoms with Gasteiger partial charge in [-0.1, -0.05) is 12.1 Å². The fourth-order valence-corrected chi connectivity index (χ4v) is 2.88. The molecule has 3 rings (SSSR count). The van der Waals surface area contributed by atoms with Crippen molar-refractivity contribution < 1.29 is 18.8 Å². The lowest BCUT2D eigenvalue weighted by molar-refractivity contribution is -0.117. The molecule has 0 aliphatic carbocycles. The van der Waals surface area contributed by atoms with Gasteiger partial charge in [0.25, 0.3) is 11.8 Å². The Bertz CT molecular complexity index is 936. The number of anilines is 2. The zero-order valence-electron chi connectivity index (χ0n) is 14.4. The number of amides is 3. The number of nitrogens with one attached hydrogen (secondary N) is 3. The smallest absolute Gasteiger partial charge is 0.265 e. The van der Waals surface area contributed by atoms with Gasteiger partial charge < -0.3 is 20.4 Å². The van der Waals surface area contributed by atoms with Crippen molar-refractivity contribution in [2.45, 2.75) is 13.0 Å². The second kappa shape index (κ2) is 8.33. The van der Waals surface area contributed by atoms with E-state index in [-0.39, 0.29) is 11.8 Å². The van der Waals surface area contributed by atoms with E-state index in [9.17, 15) is 14.4 Å². The predicted molar refractivity (Wildman–Crippen MR) is 103 cm³/mol. The maximum absolute atomic E-state index is 12.3. The van der Waals surface area contributed by atoms with Gasteiger partial charge in [-0.15, -0.1) is 11.3 Å². The Morgan fingerprint density at radius 2 is 1.78 bits per heavy atom. The highest BCUT2D eigenvalue weighted by atomic mass is 32.1. The summed E-state index contributed by atoms with van der Waals surface area (Å²) in [6.07, 6.45) is 2.69. The lowest BCUT2D eigenvalue weighted by atomic mass is 10.2. The Morgan fingerprint density at radius 3 is 2.44 bits per heavy atom. The molecule has 3 aromatic rings. The van der Waals surface area contributed by atoms with Crippen LogP contribution in [0.3, 0.4) is 0 Å². The second-order valence-electron chi connectivity index (χ2n) is 5.71. The minimum Gasteiger partial charge on any atom is -0.472 e. The number of rotatable bonds is 6. The van der Waals surface area contributed by atoms with Gasteiger partial charge >= 0.3 is 0 Å². The summed E-state index contributed by atoms with van der Waals surface area (Å²) in [7, 11) is 0. The fraction of sp³-hybridized carbons (Fsp3) is 0.105. The normalized spacial score (nSPS) is 11.4. The third-order valence-corrected chi connectivity index (χ3v) is 4.53. The highest BCUT2D eigenvalue weighted by Crippen LogP contribution is 2.18. The van der Waals surface area contributed by atoms with Crippen LogP contribution in [-0.4, -0.2) is 23.8 Å². The van der Waals surface area contributed by atoms with Crippen molar-refractivity contribution in [2.75, 3.05) is 10.6 Å². The fourth-order valence-electron chi connectivity index (χ4n) is 2.26.